The van der Waals surface area contributed by atoms with E-state index in [0.29, 0.717) is 6.42 Å². The van der Waals surface area contributed by atoms with Crippen molar-refractivity contribution in [1.82, 2.24) is 0 Å². The molecule has 0 radical (unpaired) electrons. The highest BCUT2D eigenvalue weighted by molar-refractivity contribution is 5.67. The van der Waals surface area contributed by atoms with Crippen LogP contribution in [0.15, 0.2) is 30.3 Å². The molecule has 0 heterocycles. The summed E-state index contributed by atoms with van der Waals surface area (Å²) in [4.78, 5) is 10.5. The number of hydrogen-bond donors (Lipinski definition) is 1. The summed E-state index contributed by atoms with van der Waals surface area (Å²) in [6.07, 6.45) is 0.502. The first-order valence-corrected chi connectivity index (χ1v) is 4.66. The Labute approximate surface area is 83.3 Å². The lowest BCUT2D eigenvalue weighted by Gasteiger charge is -2.15. The molecule has 1 aromatic rings. The van der Waals surface area contributed by atoms with E-state index in [0.717, 1.165) is 5.75 Å². The van der Waals surface area contributed by atoms with Gasteiger partial charge in [0.1, 0.15) is 11.9 Å². The Morgan fingerprint density at radius 2 is 2.07 bits per heavy atom. The van der Waals surface area contributed by atoms with E-state index in [2.05, 4.69) is 0 Å². The first-order valence-electron chi connectivity index (χ1n) is 4.66. The molecule has 3 heteroatoms. The summed E-state index contributed by atoms with van der Waals surface area (Å²) in [6.45, 7) is 1.91. The van der Waals surface area contributed by atoms with Gasteiger partial charge in [0, 0.05) is 0 Å². The van der Waals surface area contributed by atoms with Crippen molar-refractivity contribution in [2.75, 3.05) is 0 Å². The molecule has 76 valence electrons. The topological polar surface area (TPSA) is 46.5 Å². The monoisotopic (exact) mass is 194 g/mol. The van der Waals surface area contributed by atoms with Crippen molar-refractivity contribution in [2.24, 2.45) is 0 Å². The molecule has 0 aliphatic rings. The summed E-state index contributed by atoms with van der Waals surface area (Å²) in [6, 6.07) is 9.27. The standard InChI is InChI=1S/C11H14O3/c1-2-9(8-11(12)13)14-10-6-4-3-5-7-10/h3-7,9H,2,8H2,1H3,(H,12,13). The molecule has 1 rings (SSSR count). The minimum Gasteiger partial charge on any atom is -0.490 e. The van der Waals surface area contributed by atoms with Crippen molar-refractivity contribution in [1.29, 1.82) is 0 Å². The fourth-order valence-corrected chi connectivity index (χ4v) is 1.16. The van der Waals surface area contributed by atoms with Gasteiger partial charge in [0.25, 0.3) is 0 Å². The molecule has 1 unspecified atom stereocenters. The molecule has 0 aliphatic carbocycles. The number of rotatable bonds is 5. The van der Waals surface area contributed by atoms with Gasteiger partial charge in [-0.2, -0.15) is 0 Å². The van der Waals surface area contributed by atoms with Crippen LogP contribution in [0, 0.1) is 0 Å². The molecular weight excluding hydrogens is 180 g/mol. The molecule has 0 fully saturated rings. The van der Waals surface area contributed by atoms with Gasteiger partial charge >= 0.3 is 5.97 Å². The third-order valence-corrected chi connectivity index (χ3v) is 1.90. The smallest absolute Gasteiger partial charge is 0.307 e. The lowest BCUT2D eigenvalue weighted by molar-refractivity contribution is -0.138. The second-order valence-electron chi connectivity index (χ2n) is 3.06. The van der Waals surface area contributed by atoms with Crippen LogP contribution in [0.25, 0.3) is 0 Å². The second kappa shape index (κ2) is 5.27. The average molecular weight is 194 g/mol. The Hall–Kier alpha value is -1.51. The Morgan fingerprint density at radius 1 is 1.43 bits per heavy atom. The van der Waals surface area contributed by atoms with E-state index >= 15 is 0 Å². The van der Waals surface area contributed by atoms with Crippen molar-refractivity contribution in [2.45, 2.75) is 25.9 Å². The van der Waals surface area contributed by atoms with Gasteiger partial charge in [0.05, 0.1) is 6.42 Å². The number of ether oxygens (including phenoxy) is 1. The molecule has 0 spiro atoms. The Morgan fingerprint density at radius 3 is 2.57 bits per heavy atom. The van der Waals surface area contributed by atoms with Gasteiger partial charge in [-0.1, -0.05) is 25.1 Å². The van der Waals surface area contributed by atoms with Gasteiger partial charge in [-0.15, -0.1) is 0 Å². The molecule has 0 saturated heterocycles. The van der Waals surface area contributed by atoms with Crippen LogP contribution in [-0.2, 0) is 4.79 Å². The maximum Gasteiger partial charge on any atom is 0.307 e. The number of carboxylic acid groups (broad SMARTS) is 1. The Bertz CT molecular complexity index is 282. The number of carbonyl (C=O) groups is 1. The fraction of sp³-hybridized carbons (Fsp3) is 0.364. The second-order valence-corrected chi connectivity index (χ2v) is 3.06. The maximum absolute atomic E-state index is 10.5. The summed E-state index contributed by atoms with van der Waals surface area (Å²) < 4.78 is 5.49. The van der Waals surface area contributed by atoms with E-state index in [1.54, 1.807) is 0 Å². The molecular formula is C11H14O3. The molecule has 0 saturated carbocycles. The molecule has 1 N–H and O–H groups in total. The van der Waals surface area contributed by atoms with E-state index in [9.17, 15) is 4.79 Å². The van der Waals surface area contributed by atoms with E-state index in [1.165, 1.54) is 0 Å². The van der Waals surface area contributed by atoms with Gasteiger partial charge in [0.15, 0.2) is 0 Å². The fourth-order valence-electron chi connectivity index (χ4n) is 1.16. The highest BCUT2D eigenvalue weighted by Crippen LogP contribution is 2.14. The summed E-state index contributed by atoms with van der Waals surface area (Å²) in [7, 11) is 0. The van der Waals surface area contributed by atoms with Gasteiger partial charge in [0.2, 0.25) is 0 Å². The number of para-hydroxylation sites is 1. The van der Waals surface area contributed by atoms with Crippen LogP contribution >= 0.6 is 0 Å². The predicted molar refractivity (Wildman–Crippen MR) is 53.4 cm³/mol. The number of carboxylic acids is 1. The molecule has 0 amide bonds. The van der Waals surface area contributed by atoms with Gasteiger partial charge in [-0.05, 0) is 18.6 Å². The zero-order valence-electron chi connectivity index (χ0n) is 8.14. The summed E-state index contributed by atoms with van der Waals surface area (Å²) in [5, 5.41) is 8.61. The van der Waals surface area contributed by atoms with Crippen molar-refractivity contribution >= 4 is 5.97 Å². The quantitative estimate of drug-likeness (QED) is 0.782. The predicted octanol–water partition coefficient (Wildman–Crippen LogP) is 2.32. The number of aliphatic carboxylic acids is 1. The maximum atomic E-state index is 10.5. The van der Waals surface area contributed by atoms with Crippen molar-refractivity contribution in [3.05, 3.63) is 30.3 Å². The van der Waals surface area contributed by atoms with Crippen LogP contribution in [0.1, 0.15) is 19.8 Å². The molecule has 0 bridgehead atoms. The van der Waals surface area contributed by atoms with Crippen LogP contribution in [0.2, 0.25) is 0 Å². The van der Waals surface area contributed by atoms with E-state index in [1.807, 2.05) is 37.3 Å². The summed E-state index contributed by atoms with van der Waals surface area (Å²) in [5.74, 6) is -0.103. The largest absolute Gasteiger partial charge is 0.490 e. The SMILES string of the molecule is CCC(CC(=O)O)Oc1ccccc1. The molecule has 1 atom stereocenters. The highest BCUT2D eigenvalue weighted by atomic mass is 16.5. The summed E-state index contributed by atoms with van der Waals surface area (Å²) in [5.41, 5.74) is 0. The Balaban J connectivity index is 2.53. The highest BCUT2D eigenvalue weighted by Gasteiger charge is 2.12. The van der Waals surface area contributed by atoms with Crippen LogP contribution in [0.3, 0.4) is 0 Å². The van der Waals surface area contributed by atoms with Gasteiger partial charge < -0.3 is 9.84 Å². The molecule has 0 aliphatic heterocycles. The summed E-state index contributed by atoms with van der Waals surface area (Å²) >= 11 is 0. The van der Waals surface area contributed by atoms with Gasteiger partial charge in [-0.3, -0.25) is 4.79 Å². The van der Waals surface area contributed by atoms with E-state index in [-0.39, 0.29) is 12.5 Å². The zero-order valence-corrected chi connectivity index (χ0v) is 8.14. The molecule has 3 nitrogen and oxygen atoms in total. The van der Waals surface area contributed by atoms with Crippen LogP contribution in [-0.4, -0.2) is 17.2 Å². The number of benzene rings is 1. The Kier molecular flexibility index (Phi) is 3.98. The number of hydrogen-bond acceptors (Lipinski definition) is 2. The van der Waals surface area contributed by atoms with E-state index < -0.39 is 5.97 Å². The third-order valence-electron chi connectivity index (χ3n) is 1.90. The van der Waals surface area contributed by atoms with Gasteiger partial charge in [-0.25, -0.2) is 0 Å². The van der Waals surface area contributed by atoms with Crippen molar-refractivity contribution in [3.63, 3.8) is 0 Å². The minimum atomic E-state index is -0.826. The first-order chi connectivity index (χ1) is 6.72. The lowest BCUT2D eigenvalue weighted by Crippen LogP contribution is -2.19. The third kappa shape index (κ3) is 3.47. The average Bonchev–Trinajstić information content (AvgIpc) is 2.17. The van der Waals surface area contributed by atoms with Crippen molar-refractivity contribution < 1.29 is 14.6 Å². The van der Waals surface area contributed by atoms with Crippen LogP contribution < -0.4 is 4.74 Å². The first kappa shape index (κ1) is 10.6. The van der Waals surface area contributed by atoms with Crippen LogP contribution in [0.4, 0.5) is 0 Å². The normalized spacial score (nSPS) is 12.1. The molecule has 1 aromatic carbocycles. The zero-order chi connectivity index (χ0) is 10.4. The van der Waals surface area contributed by atoms with E-state index in [4.69, 9.17) is 9.84 Å². The van der Waals surface area contributed by atoms with Crippen molar-refractivity contribution in [3.8, 4) is 5.75 Å². The van der Waals surface area contributed by atoms with Crippen LogP contribution in [0.5, 0.6) is 5.75 Å². The minimum absolute atomic E-state index is 0.0470. The molecule has 14 heavy (non-hydrogen) atoms. The lowest BCUT2D eigenvalue weighted by atomic mass is 10.2. The molecule has 0 aromatic heterocycles.